The van der Waals surface area contributed by atoms with E-state index in [0.717, 1.165) is 51.4 Å². The number of hydrogen-bond donors (Lipinski definition) is 2. The van der Waals surface area contributed by atoms with Gasteiger partial charge in [0.2, 0.25) is 11.8 Å². The molecule has 0 aromatic carbocycles. The number of primary amides is 1. The molecule has 0 unspecified atom stereocenters. The molecule has 132 valence electrons. The average Bonchev–Trinajstić information content (AvgIpc) is 3.16. The van der Waals surface area contributed by atoms with Crippen molar-refractivity contribution in [2.24, 2.45) is 11.7 Å². The first-order valence-electron chi connectivity index (χ1n) is 9.18. The SMILES string of the molecule is NC(=O)c1cncc(C#CC2(NC(=O)C3CCCC3)CCCCC2)c1. The Bertz CT molecular complexity index is 705. The van der Waals surface area contributed by atoms with Gasteiger partial charge in [0.15, 0.2) is 0 Å². The summed E-state index contributed by atoms with van der Waals surface area (Å²) in [6.45, 7) is 0. The van der Waals surface area contributed by atoms with Gasteiger partial charge in [-0.2, -0.15) is 0 Å². The molecule has 5 nitrogen and oxygen atoms in total. The summed E-state index contributed by atoms with van der Waals surface area (Å²) in [6, 6.07) is 1.65. The molecule has 1 aromatic heterocycles. The first-order chi connectivity index (χ1) is 12.1. The van der Waals surface area contributed by atoms with E-state index < -0.39 is 11.4 Å². The molecule has 0 radical (unpaired) electrons. The number of carbonyl (C=O) groups excluding carboxylic acids is 2. The Morgan fingerprint density at radius 3 is 2.52 bits per heavy atom. The Morgan fingerprint density at radius 1 is 1.12 bits per heavy atom. The van der Waals surface area contributed by atoms with E-state index in [1.54, 1.807) is 12.3 Å². The summed E-state index contributed by atoms with van der Waals surface area (Å²) < 4.78 is 0. The van der Waals surface area contributed by atoms with Crippen LogP contribution in [0.2, 0.25) is 0 Å². The number of nitrogens with two attached hydrogens (primary N) is 1. The van der Waals surface area contributed by atoms with Crippen molar-refractivity contribution in [1.82, 2.24) is 10.3 Å². The third-order valence-corrected chi connectivity index (χ3v) is 5.26. The lowest BCUT2D eigenvalue weighted by molar-refractivity contribution is -0.126. The van der Waals surface area contributed by atoms with Crippen molar-refractivity contribution in [3.05, 3.63) is 29.6 Å². The van der Waals surface area contributed by atoms with Crippen molar-refractivity contribution in [2.45, 2.75) is 63.3 Å². The molecule has 5 heteroatoms. The van der Waals surface area contributed by atoms with Crippen molar-refractivity contribution in [3.8, 4) is 11.8 Å². The van der Waals surface area contributed by atoms with Crippen LogP contribution >= 0.6 is 0 Å². The molecule has 0 bridgehead atoms. The van der Waals surface area contributed by atoms with Crippen molar-refractivity contribution >= 4 is 11.8 Å². The van der Waals surface area contributed by atoms with Gasteiger partial charge in [0.1, 0.15) is 5.54 Å². The van der Waals surface area contributed by atoms with Crippen LogP contribution in [0.15, 0.2) is 18.5 Å². The lowest BCUT2D eigenvalue weighted by Crippen LogP contribution is -2.50. The van der Waals surface area contributed by atoms with Gasteiger partial charge in [-0.15, -0.1) is 0 Å². The van der Waals surface area contributed by atoms with E-state index >= 15 is 0 Å². The maximum absolute atomic E-state index is 12.6. The number of amides is 2. The molecule has 2 aliphatic rings. The Morgan fingerprint density at radius 2 is 1.84 bits per heavy atom. The molecule has 3 rings (SSSR count). The van der Waals surface area contributed by atoms with E-state index in [0.29, 0.717) is 11.1 Å². The number of hydrogen-bond acceptors (Lipinski definition) is 3. The summed E-state index contributed by atoms with van der Waals surface area (Å²) in [7, 11) is 0. The quantitative estimate of drug-likeness (QED) is 0.830. The summed E-state index contributed by atoms with van der Waals surface area (Å²) in [4.78, 5) is 27.9. The van der Waals surface area contributed by atoms with Crippen molar-refractivity contribution < 1.29 is 9.59 Å². The van der Waals surface area contributed by atoms with Gasteiger partial charge >= 0.3 is 0 Å². The van der Waals surface area contributed by atoms with Crippen molar-refractivity contribution in [3.63, 3.8) is 0 Å². The molecule has 0 atom stereocenters. The standard InChI is InChI=1S/C20H25N3O2/c21-18(24)17-12-15(13-22-14-17)8-11-20(9-4-1-5-10-20)23-19(25)16-6-2-3-7-16/h12-14,16H,1-7,9-10H2,(H2,21,24)(H,23,25). The molecule has 0 spiro atoms. The van der Waals surface area contributed by atoms with Gasteiger partial charge in [0.05, 0.1) is 5.56 Å². The molecule has 1 heterocycles. The lowest BCUT2D eigenvalue weighted by atomic mass is 9.81. The van der Waals surface area contributed by atoms with Crippen LogP contribution in [-0.2, 0) is 4.79 Å². The molecule has 0 saturated heterocycles. The summed E-state index contributed by atoms with van der Waals surface area (Å²) in [5.41, 5.74) is 5.84. The van der Waals surface area contributed by atoms with Crippen LogP contribution in [-0.4, -0.2) is 22.3 Å². The number of rotatable bonds is 3. The van der Waals surface area contributed by atoms with Gasteiger partial charge in [0.25, 0.3) is 0 Å². The van der Waals surface area contributed by atoms with E-state index in [9.17, 15) is 9.59 Å². The van der Waals surface area contributed by atoms with Crippen LogP contribution in [0.25, 0.3) is 0 Å². The van der Waals surface area contributed by atoms with Gasteiger partial charge in [-0.3, -0.25) is 14.6 Å². The number of nitrogens with zero attached hydrogens (tertiary/aromatic N) is 1. The predicted molar refractivity (Wildman–Crippen MR) is 95.5 cm³/mol. The molecule has 2 fully saturated rings. The van der Waals surface area contributed by atoms with Gasteiger partial charge < -0.3 is 11.1 Å². The summed E-state index contributed by atoms with van der Waals surface area (Å²) in [5, 5.41) is 3.26. The molecule has 25 heavy (non-hydrogen) atoms. The minimum absolute atomic E-state index is 0.139. The highest BCUT2D eigenvalue weighted by molar-refractivity contribution is 5.92. The van der Waals surface area contributed by atoms with E-state index in [-0.39, 0.29) is 11.8 Å². The highest BCUT2D eigenvalue weighted by Crippen LogP contribution is 2.30. The minimum atomic E-state index is -0.516. The molecule has 2 saturated carbocycles. The second kappa shape index (κ2) is 7.69. The second-order valence-electron chi connectivity index (χ2n) is 7.19. The van der Waals surface area contributed by atoms with Crippen molar-refractivity contribution in [2.75, 3.05) is 0 Å². The van der Waals surface area contributed by atoms with E-state index in [1.165, 1.54) is 12.6 Å². The molecule has 2 aliphatic carbocycles. The van der Waals surface area contributed by atoms with Crippen LogP contribution in [0.1, 0.15) is 73.7 Å². The fraction of sp³-hybridized carbons (Fsp3) is 0.550. The normalized spacial score (nSPS) is 19.7. The maximum atomic E-state index is 12.6. The topological polar surface area (TPSA) is 85.1 Å². The first kappa shape index (κ1) is 17.5. The Balaban J connectivity index is 1.80. The lowest BCUT2D eigenvalue weighted by Gasteiger charge is -2.34. The van der Waals surface area contributed by atoms with Crippen LogP contribution in [0.4, 0.5) is 0 Å². The van der Waals surface area contributed by atoms with E-state index in [4.69, 9.17) is 5.73 Å². The van der Waals surface area contributed by atoms with Gasteiger partial charge in [-0.25, -0.2) is 0 Å². The van der Waals surface area contributed by atoms with E-state index in [2.05, 4.69) is 22.1 Å². The molecular weight excluding hydrogens is 314 g/mol. The number of nitrogens with one attached hydrogen (secondary N) is 1. The monoisotopic (exact) mass is 339 g/mol. The minimum Gasteiger partial charge on any atom is -0.366 e. The molecular formula is C20H25N3O2. The smallest absolute Gasteiger partial charge is 0.250 e. The zero-order chi connectivity index (χ0) is 17.7. The zero-order valence-electron chi connectivity index (χ0n) is 14.5. The Hall–Kier alpha value is -2.35. The first-order valence-corrected chi connectivity index (χ1v) is 9.18. The molecule has 1 aromatic rings. The highest BCUT2D eigenvalue weighted by Gasteiger charge is 2.34. The highest BCUT2D eigenvalue weighted by atomic mass is 16.2. The number of carbonyl (C=O) groups is 2. The van der Waals surface area contributed by atoms with Gasteiger partial charge in [-0.1, -0.05) is 43.9 Å². The third-order valence-electron chi connectivity index (χ3n) is 5.26. The summed E-state index contributed by atoms with van der Waals surface area (Å²) in [6.07, 6.45) is 12.4. The molecule has 0 aliphatic heterocycles. The largest absolute Gasteiger partial charge is 0.366 e. The fourth-order valence-corrected chi connectivity index (χ4v) is 3.80. The fourth-order valence-electron chi connectivity index (χ4n) is 3.80. The number of aromatic nitrogens is 1. The number of pyridine rings is 1. The maximum Gasteiger partial charge on any atom is 0.250 e. The average molecular weight is 339 g/mol. The zero-order valence-corrected chi connectivity index (χ0v) is 14.5. The Kier molecular flexibility index (Phi) is 5.37. The van der Waals surface area contributed by atoms with Gasteiger partial charge in [-0.05, 0) is 31.7 Å². The Labute approximate surface area is 148 Å². The van der Waals surface area contributed by atoms with E-state index in [1.807, 2.05) is 0 Å². The predicted octanol–water partition coefficient (Wildman–Crippen LogP) is 2.54. The summed E-state index contributed by atoms with van der Waals surface area (Å²) >= 11 is 0. The van der Waals surface area contributed by atoms with Crippen LogP contribution in [0.3, 0.4) is 0 Å². The summed E-state index contributed by atoms with van der Waals surface area (Å²) in [5.74, 6) is 6.18. The van der Waals surface area contributed by atoms with Crippen LogP contribution in [0, 0.1) is 17.8 Å². The van der Waals surface area contributed by atoms with Crippen LogP contribution < -0.4 is 11.1 Å². The second-order valence-corrected chi connectivity index (χ2v) is 7.19. The van der Waals surface area contributed by atoms with Gasteiger partial charge in [0, 0.05) is 23.9 Å². The molecule has 3 N–H and O–H groups in total. The third kappa shape index (κ3) is 4.39. The van der Waals surface area contributed by atoms with Crippen LogP contribution in [0.5, 0.6) is 0 Å². The molecule has 2 amide bonds. The van der Waals surface area contributed by atoms with Crippen molar-refractivity contribution in [1.29, 1.82) is 0 Å².